The number of nitrogens with one attached hydrogen (secondary N) is 3. The zero-order valence-corrected chi connectivity index (χ0v) is 19.7. The van der Waals surface area contributed by atoms with E-state index in [0.717, 1.165) is 32.1 Å². The van der Waals surface area contributed by atoms with Gasteiger partial charge < -0.3 is 21.7 Å². The Labute approximate surface area is 184 Å². The second-order valence-electron chi connectivity index (χ2n) is 8.02. The number of amides is 2. The molecule has 0 spiro atoms. The number of aliphatic imine (C=N–C) groups is 1. The quantitative estimate of drug-likeness (QED) is 0.144. The number of nitrogens with two attached hydrogens (primary N) is 1. The highest BCUT2D eigenvalue weighted by molar-refractivity contribution is 5.87. The van der Waals surface area contributed by atoms with Crippen LogP contribution in [0.2, 0.25) is 0 Å². The van der Waals surface area contributed by atoms with E-state index < -0.39 is 6.04 Å². The van der Waals surface area contributed by atoms with Gasteiger partial charge in [-0.3, -0.25) is 14.6 Å². The first kappa shape index (κ1) is 28.2. The molecule has 2 amide bonds. The maximum Gasteiger partial charge on any atom is 0.242 e. The van der Waals surface area contributed by atoms with E-state index in [4.69, 9.17) is 5.73 Å². The third-order valence-electron chi connectivity index (χ3n) is 5.21. The minimum absolute atomic E-state index is 0.0313. The van der Waals surface area contributed by atoms with E-state index in [1.54, 1.807) is 7.05 Å². The van der Waals surface area contributed by atoms with E-state index >= 15 is 0 Å². The molecular formula is C23H47N5O2. The van der Waals surface area contributed by atoms with Crippen LogP contribution in [-0.2, 0) is 9.59 Å². The molecule has 0 unspecified atom stereocenters. The molecule has 0 aliphatic carbocycles. The van der Waals surface area contributed by atoms with Crippen LogP contribution in [0.1, 0.15) is 104 Å². The Morgan fingerprint density at radius 1 is 0.800 bits per heavy atom. The summed E-state index contributed by atoms with van der Waals surface area (Å²) < 4.78 is 0. The van der Waals surface area contributed by atoms with Crippen molar-refractivity contribution in [2.75, 3.05) is 20.1 Å². The van der Waals surface area contributed by atoms with E-state index in [0.29, 0.717) is 31.9 Å². The molecule has 0 aliphatic rings. The summed E-state index contributed by atoms with van der Waals surface area (Å²) >= 11 is 0. The lowest BCUT2D eigenvalue weighted by Crippen LogP contribution is -2.47. The molecule has 0 aromatic rings. The predicted octanol–water partition coefficient (Wildman–Crippen LogP) is 3.62. The van der Waals surface area contributed by atoms with Gasteiger partial charge in [0.05, 0.1) is 0 Å². The first-order valence-corrected chi connectivity index (χ1v) is 12.1. The number of hydrogen-bond acceptors (Lipinski definition) is 3. The Kier molecular flexibility index (Phi) is 19.3. The van der Waals surface area contributed by atoms with Gasteiger partial charge in [-0.05, 0) is 25.7 Å². The summed E-state index contributed by atoms with van der Waals surface area (Å²) in [4.78, 5) is 28.8. The third kappa shape index (κ3) is 17.1. The predicted molar refractivity (Wildman–Crippen MR) is 126 cm³/mol. The maximum atomic E-state index is 12.6. The van der Waals surface area contributed by atoms with E-state index in [-0.39, 0.29) is 11.8 Å². The molecule has 0 aliphatic heterocycles. The lowest BCUT2D eigenvalue weighted by Gasteiger charge is -2.19. The van der Waals surface area contributed by atoms with Gasteiger partial charge >= 0.3 is 0 Å². The first-order chi connectivity index (χ1) is 14.5. The number of carbonyl (C=O) groups excluding carboxylic acids is 2. The number of nitrogens with zero attached hydrogens (tertiary/aromatic N) is 1. The van der Waals surface area contributed by atoms with Gasteiger partial charge in [0, 0.05) is 26.6 Å². The summed E-state index contributed by atoms with van der Waals surface area (Å²) in [7, 11) is 1.63. The Balaban J connectivity index is 4.33. The molecular weight excluding hydrogens is 378 g/mol. The molecule has 0 radical (unpaired) electrons. The molecule has 0 aromatic heterocycles. The van der Waals surface area contributed by atoms with Gasteiger partial charge in [0.15, 0.2) is 5.96 Å². The van der Waals surface area contributed by atoms with Crippen molar-refractivity contribution in [1.82, 2.24) is 16.0 Å². The molecule has 5 N–H and O–H groups in total. The van der Waals surface area contributed by atoms with Crippen LogP contribution >= 0.6 is 0 Å². The van der Waals surface area contributed by atoms with Crippen LogP contribution in [0.5, 0.6) is 0 Å². The van der Waals surface area contributed by atoms with Crippen LogP contribution in [0.25, 0.3) is 0 Å². The van der Waals surface area contributed by atoms with Crippen molar-refractivity contribution in [3.63, 3.8) is 0 Å². The Bertz CT molecular complexity index is 469. The van der Waals surface area contributed by atoms with Crippen LogP contribution in [0.4, 0.5) is 0 Å². The van der Waals surface area contributed by atoms with Gasteiger partial charge in [-0.25, -0.2) is 0 Å². The van der Waals surface area contributed by atoms with Crippen molar-refractivity contribution in [3.05, 3.63) is 0 Å². The molecule has 176 valence electrons. The second-order valence-corrected chi connectivity index (χ2v) is 8.02. The molecule has 7 nitrogen and oxygen atoms in total. The molecule has 0 heterocycles. The van der Waals surface area contributed by atoms with Crippen molar-refractivity contribution < 1.29 is 9.59 Å². The van der Waals surface area contributed by atoms with Crippen LogP contribution in [0, 0.1) is 0 Å². The maximum absolute atomic E-state index is 12.6. The average molecular weight is 426 g/mol. The van der Waals surface area contributed by atoms with Gasteiger partial charge in [-0.15, -0.1) is 0 Å². The van der Waals surface area contributed by atoms with Crippen molar-refractivity contribution in [3.8, 4) is 0 Å². The van der Waals surface area contributed by atoms with Crippen LogP contribution in [0.3, 0.4) is 0 Å². The minimum atomic E-state index is -0.491. The van der Waals surface area contributed by atoms with Crippen molar-refractivity contribution in [2.45, 2.75) is 110 Å². The highest BCUT2D eigenvalue weighted by Crippen LogP contribution is 2.07. The highest BCUT2D eigenvalue weighted by atomic mass is 16.2. The van der Waals surface area contributed by atoms with Crippen LogP contribution in [-0.4, -0.2) is 44.0 Å². The van der Waals surface area contributed by atoms with Gasteiger partial charge in [-0.1, -0.05) is 71.6 Å². The first-order valence-electron chi connectivity index (χ1n) is 12.1. The standard InChI is InChI=1S/C23H47N5O2/c1-4-6-8-10-11-13-17-21(29)28-20(16-15-19-27-23(24)25-3)22(30)26-18-14-12-9-7-5-2/h20H,4-19H2,1-3H3,(H,26,30)(H,28,29)(H3,24,25,27)/t20-/m0/s1. The fourth-order valence-electron chi connectivity index (χ4n) is 3.27. The molecule has 0 saturated heterocycles. The zero-order valence-electron chi connectivity index (χ0n) is 19.7. The zero-order chi connectivity index (χ0) is 22.5. The topological polar surface area (TPSA) is 109 Å². The summed E-state index contributed by atoms with van der Waals surface area (Å²) in [6.45, 7) is 5.68. The van der Waals surface area contributed by atoms with E-state index in [1.165, 1.54) is 44.9 Å². The van der Waals surface area contributed by atoms with Crippen molar-refractivity contribution >= 4 is 17.8 Å². The van der Waals surface area contributed by atoms with Crippen molar-refractivity contribution in [1.29, 1.82) is 0 Å². The number of carbonyl (C=O) groups is 2. The Hall–Kier alpha value is -1.79. The second kappa shape index (κ2) is 20.5. The Morgan fingerprint density at radius 2 is 1.37 bits per heavy atom. The summed E-state index contributed by atoms with van der Waals surface area (Å²) in [5.74, 6) is 0.269. The molecule has 30 heavy (non-hydrogen) atoms. The SMILES string of the molecule is CCCCCCCCC(=O)N[C@@H](CCCN/C(N)=N/C)C(=O)NCCCCCCC. The minimum Gasteiger partial charge on any atom is -0.370 e. The Morgan fingerprint density at radius 3 is 2.00 bits per heavy atom. The van der Waals surface area contributed by atoms with Gasteiger partial charge in [0.25, 0.3) is 0 Å². The number of unbranched alkanes of at least 4 members (excludes halogenated alkanes) is 9. The molecule has 0 rings (SSSR count). The van der Waals surface area contributed by atoms with Crippen molar-refractivity contribution in [2.24, 2.45) is 10.7 Å². The number of rotatable bonds is 19. The number of guanidine groups is 1. The lowest BCUT2D eigenvalue weighted by molar-refractivity contribution is -0.129. The molecule has 0 fully saturated rings. The fraction of sp³-hybridized carbons (Fsp3) is 0.870. The van der Waals surface area contributed by atoms with E-state index in [2.05, 4.69) is 34.8 Å². The molecule has 7 heteroatoms. The largest absolute Gasteiger partial charge is 0.370 e. The summed E-state index contributed by atoms with van der Waals surface area (Å²) in [5, 5.41) is 8.93. The molecule has 1 atom stereocenters. The monoisotopic (exact) mass is 425 g/mol. The van der Waals surface area contributed by atoms with Gasteiger partial charge in [0.1, 0.15) is 6.04 Å². The van der Waals surface area contributed by atoms with Gasteiger partial charge in [0.2, 0.25) is 11.8 Å². The number of hydrogen-bond donors (Lipinski definition) is 4. The molecule has 0 bridgehead atoms. The molecule has 0 saturated carbocycles. The van der Waals surface area contributed by atoms with E-state index in [9.17, 15) is 9.59 Å². The van der Waals surface area contributed by atoms with E-state index in [1.807, 2.05) is 0 Å². The normalized spacial score (nSPS) is 12.4. The molecule has 0 aromatic carbocycles. The average Bonchev–Trinajstić information content (AvgIpc) is 2.74. The highest BCUT2D eigenvalue weighted by Gasteiger charge is 2.19. The summed E-state index contributed by atoms with van der Waals surface area (Å²) in [6, 6.07) is -0.491. The summed E-state index contributed by atoms with van der Waals surface area (Å²) in [6.07, 6.45) is 14.4. The van der Waals surface area contributed by atoms with Crippen LogP contribution in [0.15, 0.2) is 4.99 Å². The smallest absolute Gasteiger partial charge is 0.242 e. The fourth-order valence-corrected chi connectivity index (χ4v) is 3.27. The third-order valence-corrected chi connectivity index (χ3v) is 5.21. The van der Waals surface area contributed by atoms with Gasteiger partial charge in [-0.2, -0.15) is 0 Å². The lowest BCUT2D eigenvalue weighted by atomic mass is 10.1. The summed E-state index contributed by atoms with van der Waals surface area (Å²) in [5.41, 5.74) is 5.63. The van der Waals surface area contributed by atoms with Crippen LogP contribution < -0.4 is 21.7 Å².